The number of thiazole rings is 1. The zero-order chi connectivity index (χ0) is 8.93. The zero-order valence-corrected chi connectivity index (χ0v) is 7.61. The molecule has 0 fully saturated rings. The van der Waals surface area contributed by atoms with Crippen molar-refractivity contribution in [2.75, 3.05) is 0 Å². The highest BCUT2D eigenvalue weighted by atomic mass is 32.1. The summed E-state index contributed by atoms with van der Waals surface area (Å²) in [4.78, 5) is 12.1. The van der Waals surface area contributed by atoms with Gasteiger partial charge in [-0.3, -0.25) is 4.98 Å². The molecule has 0 radical (unpaired) electrons. The number of aliphatic imine (C=N–C) groups is 1. The molecule has 4 heteroatoms. The lowest BCUT2D eigenvalue weighted by atomic mass is 10.3. The number of hydrogen-bond acceptors (Lipinski definition) is 4. The second-order valence-corrected chi connectivity index (χ2v) is 3.23. The van der Waals surface area contributed by atoms with Crippen LogP contribution in [0.5, 0.6) is 0 Å². The van der Waals surface area contributed by atoms with Crippen molar-refractivity contribution < 1.29 is 0 Å². The quantitative estimate of drug-likeness (QED) is 0.680. The number of nitrogens with zero attached hydrogens (tertiary/aromatic N) is 3. The summed E-state index contributed by atoms with van der Waals surface area (Å²) >= 11 is 1.52. The maximum Gasteiger partial charge on any atom is 0.208 e. The molecular formula is C9H7N3S. The van der Waals surface area contributed by atoms with E-state index in [0.717, 1.165) is 10.7 Å². The van der Waals surface area contributed by atoms with Crippen LogP contribution in [-0.4, -0.2) is 16.2 Å². The van der Waals surface area contributed by atoms with E-state index in [4.69, 9.17) is 0 Å². The lowest BCUT2D eigenvalue weighted by Crippen LogP contribution is -1.79. The predicted molar refractivity (Wildman–Crippen MR) is 53.6 cm³/mol. The van der Waals surface area contributed by atoms with E-state index in [-0.39, 0.29) is 0 Å². The number of aromatic nitrogens is 2. The summed E-state index contributed by atoms with van der Waals surface area (Å²) in [5, 5.41) is 2.68. The molecule has 3 nitrogen and oxygen atoms in total. The molecule has 0 bridgehead atoms. The zero-order valence-electron chi connectivity index (χ0n) is 6.79. The van der Waals surface area contributed by atoms with E-state index < -0.39 is 0 Å². The minimum Gasteiger partial charge on any atom is -0.265 e. The van der Waals surface area contributed by atoms with Crippen LogP contribution in [0.4, 0.5) is 5.13 Å². The van der Waals surface area contributed by atoms with Gasteiger partial charge in [0.05, 0.1) is 0 Å². The van der Waals surface area contributed by atoms with Crippen molar-refractivity contribution in [1.29, 1.82) is 0 Å². The van der Waals surface area contributed by atoms with Crippen molar-refractivity contribution in [2.45, 2.75) is 0 Å². The fourth-order valence-corrected chi connectivity index (χ4v) is 1.34. The topological polar surface area (TPSA) is 38.1 Å². The van der Waals surface area contributed by atoms with Crippen molar-refractivity contribution in [3.63, 3.8) is 0 Å². The van der Waals surface area contributed by atoms with Gasteiger partial charge in [0, 0.05) is 30.2 Å². The molecule has 2 aromatic rings. The van der Waals surface area contributed by atoms with Gasteiger partial charge in [0.2, 0.25) is 5.13 Å². The number of pyridine rings is 1. The monoisotopic (exact) mass is 189 g/mol. The van der Waals surface area contributed by atoms with E-state index in [0.29, 0.717) is 0 Å². The molecule has 2 heterocycles. The maximum absolute atomic E-state index is 4.19. The van der Waals surface area contributed by atoms with Gasteiger partial charge in [-0.1, -0.05) is 0 Å². The highest BCUT2D eigenvalue weighted by molar-refractivity contribution is 7.13. The molecule has 2 aromatic heterocycles. The van der Waals surface area contributed by atoms with E-state index in [2.05, 4.69) is 15.0 Å². The van der Waals surface area contributed by atoms with Crippen LogP contribution in [-0.2, 0) is 0 Å². The average molecular weight is 189 g/mol. The lowest BCUT2D eigenvalue weighted by Gasteiger charge is -1.87. The molecule has 0 amide bonds. The lowest BCUT2D eigenvalue weighted by molar-refractivity contribution is 1.32. The molecule has 0 aliphatic carbocycles. The third kappa shape index (κ3) is 2.19. The standard InChI is InChI=1S/C9H7N3S/c1-3-10-4-2-8(1)7-12-9-11-5-6-13-9/h1-7H. The van der Waals surface area contributed by atoms with Crippen LogP contribution in [0.3, 0.4) is 0 Å². The molecule has 0 aliphatic heterocycles. The van der Waals surface area contributed by atoms with Gasteiger partial charge in [-0.15, -0.1) is 11.3 Å². The Morgan fingerprint density at radius 2 is 2.08 bits per heavy atom. The SMILES string of the molecule is C(=Nc1nccs1)c1ccncc1. The Bertz CT molecular complexity index is 381. The molecule has 0 saturated heterocycles. The van der Waals surface area contributed by atoms with Gasteiger partial charge < -0.3 is 0 Å². The summed E-state index contributed by atoms with van der Waals surface area (Å²) in [6, 6.07) is 3.80. The second-order valence-electron chi connectivity index (χ2n) is 2.35. The second kappa shape index (κ2) is 3.91. The van der Waals surface area contributed by atoms with E-state index in [9.17, 15) is 0 Å². The fraction of sp³-hybridized carbons (Fsp3) is 0. The molecule has 0 aliphatic rings. The minimum absolute atomic E-state index is 0.775. The van der Waals surface area contributed by atoms with Gasteiger partial charge in [-0.2, -0.15) is 0 Å². The van der Waals surface area contributed by atoms with Crippen LogP contribution in [0.1, 0.15) is 5.56 Å². The molecule has 0 aromatic carbocycles. The molecule has 64 valence electrons. The molecule has 0 spiro atoms. The molecule has 13 heavy (non-hydrogen) atoms. The van der Waals surface area contributed by atoms with Crippen molar-refractivity contribution in [3.8, 4) is 0 Å². The van der Waals surface area contributed by atoms with Crippen molar-refractivity contribution in [1.82, 2.24) is 9.97 Å². The summed E-state index contributed by atoms with van der Waals surface area (Å²) < 4.78 is 0. The molecular weight excluding hydrogens is 182 g/mol. The maximum atomic E-state index is 4.19. The summed E-state index contributed by atoms with van der Waals surface area (Å²) in [7, 11) is 0. The van der Waals surface area contributed by atoms with Crippen LogP contribution in [0.2, 0.25) is 0 Å². The Morgan fingerprint density at radius 1 is 1.23 bits per heavy atom. The van der Waals surface area contributed by atoms with Crippen LogP contribution in [0.15, 0.2) is 41.1 Å². The van der Waals surface area contributed by atoms with Gasteiger partial charge in [0.25, 0.3) is 0 Å². The molecule has 0 atom stereocenters. The Kier molecular flexibility index (Phi) is 2.43. The molecule has 2 rings (SSSR count). The summed E-state index contributed by atoms with van der Waals surface area (Å²) in [6.07, 6.45) is 7.00. The first-order valence-electron chi connectivity index (χ1n) is 3.79. The Labute approximate surface area is 79.8 Å². The van der Waals surface area contributed by atoms with Crippen LogP contribution < -0.4 is 0 Å². The smallest absolute Gasteiger partial charge is 0.208 e. The van der Waals surface area contributed by atoms with Crippen LogP contribution in [0.25, 0.3) is 0 Å². The highest BCUT2D eigenvalue weighted by Gasteiger charge is 1.88. The third-order valence-corrected chi connectivity index (χ3v) is 2.13. The normalized spacial score (nSPS) is 10.8. The van der Waals surface area contributed by atoms with Gasteiger partial charge >= 0.3 is 0 Å². The van der Waals surface area contributed by atoms with E-state index in [1.54, 1.807) is 24.8 Å². The Hall–Kier alpha value is -1.55. The average Bonchev–Trinajstić information content (AvgIpc) is 2.69. The first-order chi connectivity index (χ1) is 6.45. The third-order valence-electron chi connectivity index (χ3n) is 1.45. The van der Waals surface area contributed by atoms with E-state index >= 15 is 0 Å². The Balaban J connectivity index is 2.15. The van der Waals surface area contributed by atoms with Crippen LogP contribution in [0, 0.1) is 0 Å². The van der Waals surface area contributed by atoms with Gasteiger partial charge in [-0.25, -0.2) is 9.98 Å². The van der Waals surface area contributed by atoms with Gasteiger partial charge in [0.1, 0.15) is 0 Å². The highest BCUT2D eigenvalue weighted by Crippen LogP contribution is 2.13. The van der Waals surface area contributed by atoms with Crippen molar-refractivity contribution in [2.24, 2.45) is 4.99 Å². The predicted octanol–water partition coefficient (Wildman–Crippen LogP) is 2.29. The molecule has 0 saturated carbocycles. The van der Waals surface area contributed by atoms with Gasteiger partial charge in [0.15, 0.2) is 0 Å². The fourth-order valence-electron chi connectivity index (χ4n) is 0.859. The molecule has 0 unspecified atom stereocenters. The largest absolute Gasteiger partial charge is 0.265 e. The Morgan fingerprint density at radius 3 is 2.77 bits per heavy atom. The number of hydrogen-bond donors (Lipinski definition) is 0. The minimum atomic E-state index is 0.775. The van der Waals surface area contributed by atoms with Crippen molar-refractivity contribution >= 4 is 22.7 Å². The first-order valence-corrected chi connectivity index (χ1v) is 4.67. The number of rotatable bonds is 2. The first kappa shape index (κ1) is 8.07. The molecule has 0 N–H and O–H groups in total. The summed E-state index contributed by atoms with van der Waals surface area (Å²) in [5.41, 5.74) is 1.03. The van der Waals surface area contributed by atoms with E-state index in [1.807, 2.05) is 17.5 Å². The van der Waals surface area contributed by atoms with E-state index in [1.165, 1.54) is 11.3 Å². The van der Waals surface area contributed by atoms with Gasteiger partial charge in [-0.05, 0) is 17.7 Å². The summed E-state index contributed by atoms with van der Waals surface area (Å²) in [6.45, 7) is 0. The summed E-state index contributed by atoms with van der Waals surface area (Å²) in [5.74, 6) is 0. The van der Waals surface area contributed by atoms with Crippen molar-refractivity contribution in [3.05, 3.63) is 41.7 Å². The van der Waals surface area contributed by atoms with Crippen LogP contribution >= 0.6 is 11.3 Å².